The molecule has 1 amide bonds. The molecule has 2 aromatic heterocycles. The fraction of sp³-hybridized carbons (Fsp3) is 0.500. The molecule has 14 nitrogen and oxygen atoms in total. The van der Waals surface area contributed by atoms with Crippen molar-refractivity contribution < 1.29 is 34.8 Å². The zero-order valence-corrected chi connectivity index (χ0v) is 14.2. The van der Waals surface area contributed by atoms with E-state index in [1.165, 1.54) is 4.57 Å². The molecule has 0 bridgehead atoms. The van der Waals surface area contributed by atoms with E-state index in [4.69, 9.17) is 15.6 Å². The van der Waals surface area contributed by atoms with Crippen molar-refractivity contribution in [3.8, 4) is 0 Å². The van der Waals surface area contributed by atoms with Crippen LogP contribution in [0.4, 0.5) is 5.95 Å². The Balaban J connectivity index is 1.92. The van der Waals surface area contributed by atoms with Crippen LogP contribution in [0.2, 0.25) is 0 Å². The lowest BCUT2D eigenvalue weighted by atomic mass is 10.1. The summed E-state index contributed by atoms with van der Waals surface area (Å²) in [5.41, 5.74) is 4.51. The summed E-state index contributed by atoms with van der Waals surface area (Å²) in [5.74, 6) is -2.48. The van der Waals surface area contributed by atoms with E-state index in [9.17, 15) is 29.7 Å². The predicted octanol–water partition coefficient (Wildman–Crippen LogP) is -3.53. The minimum absolute atomic E-state index is 0.0827. The average Bonchev–Trinajstić information content (AvgIpc) is 3.16. The molecule has 0 spiro atoms. The van der Waals surface area contributed by atoms with Gasteiger partial charge in [-0.2, -0.15) is 4.98 Å². The number of aromatic amines is 1. The van der Waals surface area contributed by atoms with Crippen LogP contribution in [0.15, 0.2) is 11.1 Å². The van der Waals surface area contributed by atoms with Gasteiger partial charge in [-0.15, -0.1) is 0 Å². The van der Waals surface area contributed by atoms with Crippen LogP contribution < -0.4 is 16.6 Å². The van der Waals surface area contributed by atoms with Crippen molar-refractivity contribution in [3.63, 3.8) is 0 Å². The van der Waals surface area contributed by atoms with E-state index in [1.54, 1.807) is 0 Å². The monoisotopic (exact) mass is 398 g/mol. The molecule has 5 atom stereocenters. The molecule has 1 fully saturated rings. The topological polar surface area (TPSA) is 226 Å². The number of hydrogen-bond donors (Lipinski definition) is 7. The number of carbonyl (C=O) groups is 2. The van der Waals surface area contributed by atoms with Crippen LogP contribution in [0.3, 0.4) is 0 Å². The molecule has 3 rings (SSSR count). The number of nitrogens with two attached hydrogens (primary N) is 1. The first-order valence-electron chi connectivity index (χ1n) is 8.10. The van der Waals surface area contributed by atoms with Gasteiger partial charge in [-0.1, -0.05) is 0 Å². The molecular weight excluding hydrogens is 380 g/mol. The van der Waals surface area contributed by atoms with Gasteiger partial charge in [0.15, 0.2) is 17.4 Å². The minimum Gasteiger partial charge on any atom is -0.481 e. The summed E-state index contributed by atoms with van der Waals surface area (Å²) < 4.78 is 6.55. The van der Waals surface area contributed by atoms with Crippen LogP contribution in [-0.4, -0.2) is 82.8 Å². The molecule has 1 aliphatic heterocycles. The molecule has 0 saturated carbocycles. The van der Waals surface area contributed by atoms with E-state index in [0.29, 0.717) is 0 Å². The highest BCUT2D eigenvalue weighted by Gasteiger charge is 2.44. The van der Waals surface area contributed by atoms with Gasteiger partial charge < -0.3 is 30.9 Å². The summed E-state index contributed by atoms with van der Waals surface area (Å²) in [4.78, 5) is 44.9. The first-order valence-corrected chi connectivity index (χ1v) is 8.10. The summed E-state index contributed by atoms with van der Waals surface area (Å²) >= 11 is 0. The summed E-state index contributed by atoms with van der Waals surface area (Å²) in [6.07, 6.45) is -4.52. The second kappa shape index (κ2) is 7.61. The Morgan fingerprint density at radius 2 is 2.11 bits per heavy atom. The van der Waals surface area contributed by atoms with Gasteiger partial charge in [0.2, 0.25) is 11.9 Å². The Bertz CT molecular complexity index is 957. The SMILES string of the molecule is N[C@@H](CC(=O)O)C(=O)Nc1nc2c(ncn2[C@@H]2O[C@H](CO)[C@@H](O)[C@H]2O)c(=O)[nH]1. The fourth-order valence-corrected chi connectivity index (χ4v) is 2.77. The van der Waals surface area contributed by atoms with E-state index in [2.05, 4.69) is 20.3 Å². The number of imidazole rings is 1. The lowest BCUT2D eigenvalue weighted by molar-refractivity contribution is -0.138. The van der Waals surface area contributed by atoms with Crippen molar-refractivity contribution in [2.45, 2.75) is 37.0 Å². The van der Waals surface area contributed by atoms with Crippen LogP contribution in [0.1, 0.15) is 12.6 Å². The smallest absolute Gasteiger partial charge is 0.305 e. The van der Waals surface area contributed by atoms with E-state index >= 15 is 0 Å². The normalized spacial score (nSPS) is 25.7. The third-order valence-corrected chi connectivity index (χ3v) is 4.20. The predicted molar refractivity (Wildman–Crippen MR) is 90.0 cm³/mol. The zero-order valence-electron chi connectivity index (χ0n) is 14.2. The summed E-state index contributed by atoms with van der Waals surface area (Å²) in [6.45, 7) is -0.544. The molecule has 3 heterocycles. The first kappa shape index (κ1) is 19.8. The van der Waals surface area contributed by atoms with Crippen LogP contribution in [0, 0.1) is 0 Å². The molecule has 2 aromatic rings. The number of aliphatic hydroxyl groups excluding tert-OH is 3. The standard InChI is InChI=1S/C14H18N6O8/c15-4(1-6(22)23)11(26)18-14-17-10-7(12(27)19-14)16-3-20(10)13-9(25)8(24)5(2-21)28-13/h3-5,8-9,13,21,24-25H,1-2,15H2,(H,22,23)(H2,17,18,19,26,27)/t4-,5+,8+,9+,13+/m0/s1. The number of hydrogen-bond acceptors (Lipinski definition) is 10. The summed E-state index contributed by atoms with van der Waals surface area (Å²) in [5, 5.41) is 40.1. The molecule has 1 saturated heterocycles. The number of anilines is 1. The average molecular weight is 398 g/mol. The fourth-order valence-electron chi connectivity index (χ4n) is 2.77. The number of rotatable bonds is 6. The third kappa shape index (κ3) is 3.58. The van der Waals surface area contributed by atoms with Crippen LogP contribution >= 0.6 is 0 Å². The van der Waals surface area contributed by atoms with Gasteiger partial charge in [-0.25, -0.2) is 4.98 Å². The lowest BCUT2D eigenvalue weighted by Gasteiger charge is -2.16. The number of fused-ring (bicyclic) bond motifs is 1. The van der Waals surface area contributed by atoms with E-state index in [1.807, 2.05) is 0 Å². The molecule has 0 radical (unpaired) electrons. The maximum atomic E-state index is 12.2. The Hall–Kier alpha value is -2.91. The Kier molecular flexibility index (Phi) is 5.39. The molecule has 0 aliphatic carbocycles. The number of nitrogens with zero attached hydrogens (tertiary/aromatic N) is 3. The molecule has 1 aliphatic rings. The summed E-state index contributed by atoms with van der Waals surface area (Å²) in [7, 11) is 0. The van der Waals surface area contributed by atoms with Crippen molar-refractivity contribution in [2.24, 2.45) is 5.73 Å². The molecule has 0 unspecified atom stereocenters. The van der Waals surface area contributed by atoms with E-state index in [0.717, 1.165) is 6.33 Å². The maximum absolute atomic E-state index is 12.2. The van der Waals surface area contributed by atoms with Crippen molar-refractivity contribution in [1.82, 2.24) is 19.5 Å². The lowest BCUT2D eigenvalue weighted by Crippen LogP contribution is -2.38. The highest BCUT2D eigenvalue weighted by Crippen LogP contribution is 2.30. The molecule has 28 heavy (non-hydrogen) atoms. The number of aromatic nitrogens is 4. The molecule has 14 heteroatoms. The number of H-pyrrole nitrogens is 1. The number of aliphatic carboxylic acids is 1. The van der Waals surface area contributed by atoms with Crippen molar-refractivity contribution in [3.05, 3.63) is 16.7 Å². The Morgan fingerprint density at radius 1 is 1.39 bits per heavy atom. The quantitative estimate of drug-likeness (QED) is 0.252. The highest BCUT2D eigenvalue weighted by atomic mass is 16.6. The number of nitrogens with one attached hydrogen (secondary N) is 2. The first-order chi connectivity index (χ1) is 13.2. The summed E-state index contributed by atoms with van der Waals surface area (Å²) in [6, 6.07) is -1.37. The third-order valence-electron chi connectivity index (χ3n) is 4.20. The zero-order chi connectivity index (χ0) is 20.6. The second-order valence-corrected chi connectivity index (χ2v) is 6.16. The number of carbonyl (C=O) groups excluding carboxylic acids is 1. The van der Waals surface area contributed by atoms with Crippen LogP contribution in [-0.2, 0) is 14.3 Å². The van der Waals surface area contributed by atoms with E-state index in [-0.39, 0.29) is 17.1 Å². The van der Waals surface area contributed by atoms with Gasteiger partial charge >= 0.3 is 5.97 Å². The van der Waals surface area contributed by atoms with Gasteiger partial charge in [0.05, 0.1) is 25.4 Å². The van der Waals surface area contributed by atoms with Gasteiger partial charge in [-0.3, -0.25) is 29.3 Å². The minimum atomic E-state index is -1.43. The Labute approximate surface area is 155 Å². The van der Waals surface area contributed by atoms with Gasteiger partial charge in [0, 0.05) is 0 Å². The van der Waals surface area contributed by atoms with Gasteiger partial charge in [0.25, 0.3) is 5.56 Å². The number of ether oxygens (including phenoxy) is 1. The van der Waals surface area contributed by atoms with Crippen molar-refractivity contribution in [1.29, 1.82) is 0 Å². The van der Waals surface area contributed by atoms with Crippen molar-refractivity contribution >= 4 is 29.0 Å². The molecule has 0 aromatic carbocycles. The number of amides is 1. The van der Waals surface area contributed by atoms with Crippen molar-refractivity contribution in [2.75, 3.05) is 11.9 Å². The second-order valence-electron chi connectivity index (χ2n) is 6.16. The Morgan fingerprint density at radius 3 is 2.71 bits per heavy atom. The molecular formula is C14H18N6O8. The van der Waals surface area contributed by atoms with Gasteiger partial charge in [0.1, 0.15) is 18.3 Å². The molecule has 8 N–H and O–H groups in total. The largest absolute Gasteiger partial charge is 0.481 e. The van der Waals surface area contributed by atoms with E-state index < -0.39 is 61.0 Å². The van der Waals surface area contributed by atoms with Crippen LogP contribution in [0.5, 0.6) is 0 Å². The number of carboxylic acids is 1. The molecule has 152 valence electrons. The highest BCUT2D eigenvalue weighted by molar-refractivity contribution is 5.95. The maximum Gasteiger partial charge on any atom is 0.305 e. The van der Waals surface area contributed by atoms with Gasteiger partial charge in [-0.05, 0) is 0 Å². The number of carboxylic acid groups (broad SMARTS) is 1. The van der Waals surface area contributed by atoms with Crippen LogP contribution in [0.25, 0.3) is 11.2 Å². The number of aliphatic hydroxyl groups is 3.